The van der Waals surface area contributed by atoms with E-state index >= 15 is 0 Å². The molecule has 2 aromatic carbocycles. The van der Waals surface area contributed by atoms with Crippen LogP contribution in [0.1, 0.15) is 43.9 Å². The Labute approximate surface area is 195 Å². The van der Waals surface area contributed by atoms with Crippen molar-refractivity contribution in [3.05, 3.63) is 59.8 Å². The number of aromatic nitrogens is 1. The van der Waals surface area contributed by atoms with Gasteiger partial charge in [-0.25, -0.2) is 8.93 Å². The summed E-state index contributed by atoms with van der Waals surface area (Å²) in [6.45, 7) is 4.17. The van der Waals surface area contributed by atoms with Gasteiger partial charge in [0, 0.05) is 34.5 Å². The van der Waals surface area contributed by atoms with Gasteiger partial charge in [-0.1, -0.05) is 44.2 Å². The molecule has 1 aliphatic rings. The van der Waals surface area contributed by atoms with Crippen molar-refractivity contribution in [2.75, 3.05) is 0 Å². The SMILES string of the molecule is CC(C)Cn1cc([C@H](NS(=O)C2CC2)C(F)(F)F)c2ccc(-c3ccccc3C(F)(F)F)cc21. The van der Waals surface area contributed by atoms with Gasteiger partial charge in [0.2, 0.25) is 0 Å². The monoisotopic (exact) mass is 502 g/mol. The van der Waals surface area contributed by atoms with Crippen LogP contribution in [-0.4, -0.2) is 20.2 Å². The molecule has 1 heterocycles. The molecule has 3 aromatic rings. The molecule has 3 nitrogen and oxygen atoms in total. The molecule has 1 N–H and O–H groups in total. The molecule has 2 atom stereocenters. The average molecular weight is 503 g/mol. The molecule has 34 heavy (non-hydrogen) atoms. The molecule has 1 aliphatic carbocycles. The van der Waals surface area contributed by atoms with Crippen molar-refractivity contribution in [1.82, 2.24) is 9.29 Å². The Morgan fingerprint density at radius 2 is 1.74 bits per heavy atom. The Balaban J connectivity index is 1.87. The maximum Gasteiger partial charge on any atom is 0.417 e. The predicted octanol–water partition coefficient (Wildman–Crippen LogP) is 7.00. The Hall–Kier alpha value is -2.33. The van der Waals surface area contributed by atoms with Crippen LogP contribution >= 0.6 is 0 Å². The summed E-state index contributed by atoms with van der Waals surface area (Å²) in [7, 11) is -1.83. The highest BCUT2D eigenvalue weighted by atomic mass is 32.2. The average Bonchev–Trinajstić information content (AvgIpc) is 3.54. The number of nitrogens with one attached hydrogen (secondary N) is 1. The standard InChI is InChI=1S/C24H24F6N2OS/c1-14(2)12-32-13-19(22(24(28,29)30)31-34(33)16-8-9-16)18-10-7-15(11-21(18)32)17-5-3-4-6-20(17)23(25,26)27/h3-7,10-11,13-14,16,22,31H,8-9,12H2,1-2H3/t22-,34?/m0/s1. The number of nitrogens with zero attached hydrogens (tertiary/aromatic N) is 1. The van der Waals surface area contributed by atoms with Crippen LogP contribution in [0, 0.1) is 5.92 Å². The first-order valence-corrected chi connectivity index (χ1v) is 12.1. The number of benzene rings is 2. The Morgan fingerprint density at radius 3 is 2.32 bits per heavy atom. The molecule has 0 saturated heterocycles. The lowest BCUT2D eigenvalue weighted by Gasteiger charge is -2.21. The van der Waals surface area contributed by atoms with Crippen LogP contribution in [-0.2, 0) is 23.7 Å². The minimum Gasteiger partial charge on any atom is -0.347 e. The highest BCUT2D eigenvalue weighted by Crippen LogP contribution is 2.42. The zero-order valence-electron chi connectivity index (χ0n) is 18.5. The molecule has 1 aromatic heterocycles. The number of hydrogen-bond donors (Lipinski definition) is 1. The molecule has 1 unspecified atom stereocenters. The van der Waals surface area contributed by atoms with Crippen LogP contribution in [0.25, 0.3) is 22.0 Å². The fourth-order valence-electron chi connectivity index (χ4n) is 4.05. The first-order valence-electron chi connectivity index (χ1n) is 10.9. The molecule has 0 aliphatic heterocycles. The van der Waals surface area contributed by atoms with E-state index < -0.39 is 34.9 Å². The van der Waals surface area contributed by atoms with Gasteiger partial charge in [-0.15, -0.1) is 0 Å². The summed E-state index contributed by atoms with van der Waals surface area (Å²) in [6, 6.07) is 7.28. The molecule has 0 amide bonds. The zero-order chi connectivity index (χ0) is 24.8. The van der Waals surface area contributed by atoms with Crippen LogP contribution in [0.4, 0.5) is 26.3 Å². The molecule has 184 valence electrons. The fraction of sp³-hybridized carbons (Fsp3) is 0.417. The maximum atomic E-state index is 14.0. The van der Waals surface area contributed by atoms with Gasteiger partial charge in [-0.2, -0.15) is 26.3 Å². The first-order chi connectivity index (χ1) is 15.9. The van der Waals surface area contributed by atoms with E-state index in [0.717, 1.165) is 6.07 Å². The van der Waals surface area contributed by atoms with Crippen molar-refractivity contribution in [3.8, 4) is 11.1 Å². The molecule has 0 spiro atoms. The van der Waals surface area contributed by atoms with Crippen LogP contribution < -0.4 is 4.72 Å². The maximum absolute atomic E-state index is 14.0. The molecule has 4 rings (SSSR count). The number of halogens is 6. The quantitative estimate of drug-likeness (QED) is 0.347. The summed E-state index contributed by atoms with van der Waals surface area (Å²) in [5, 5.41) is -0.0316. The Morgan fingerprint density at radius 1 is 1.06 bits per heavy atom. The molecule has 10 heteroatoms. The first kappa shape index (κ1) is 24.8. The predicted molar refractivity (Wildman–Crippen MR) is 120 cm³/mol. The third kappa shape index (κ3) is 5.17. The van der Waals surface area contributed by atoms with E-state index in [1.54, 1.807) is 4.57 Å². The Kier molecular flexibility index (Phi) is 6.58. The second-order valence-electron chi connectivity index (χ2n) is 9.00. The second-order valence-corrected chi connectivity index (χ2v) is 10.5. The van der Waals surface area contributed by atoms with Gasteiger partial charge in [-0.3, -0.25) is 0 Å². The van der Waals surface area contributed by atoms with Crippen LogP contribution in [0.3, 0.4) is 0 Å². The Bertz CT molecular complexity index is 1210. The summed E-state index contributed by atoms with van der Waals surface area (Å²) >= 11 is 0. The largest absolute Gasteiger partial charge is 0.417 e. The van der Waals surface area contributed by atoms with Gasteiger partial charge in [0.15, 0.2) is 0 Å². The van der Waals surface area contributed by atoms with Crippen molar-refractivity contribution < 1.29 is 30.6 Å². The topological polar surface area (TPSA) is 34.0 Å². The zero-order valence-corrected chi connectivity index (χ0v) is 19.3. The van der Waals surface area contributed by atoms with E-state index in [1.165, 1.54) is 42.6 Å². The van der Waals surface area contributed by atoms with Crippen molar-refractivity contribution in [2.45, 2.75) is 56.9 Å². The number of alkyl halides is 6. The minimum atomic E-state index is -4.71. The third-order valence-corrected chi connectivity index (χ3v) is 7.26. The number of rotatable bonds is 7. The summed E-state index contributed by atoms with van der Waals surface area (Å²) in [5.74, 6) is 0.0764. The normalized spacial score (nSPS) is 16.9. The van der Waals surface area contributed by atoms with Gasteiger partial charge in [0.1, 0.15) is 6.04 Å². The van der Waals surface area contributed by atoms with Crippen molar-refractivity contribution in [1.29, 1.82) is 0 Å². The summed E-state index contributed by atoms with van der Waals surface area (Å²) in [4.78, 5) is 0. The molecular weight excluding hydrogens is 478 g/mol. The summed E-state index contributed by atoms with van der Waals surface area (Å²) < 4.78 is 99.0. The second kappa shape index (κ2) is 9.03. The van der Waals surface area contributed by atoms with Gasteiger partial charge in [-0.05, 0) is 42.0 Å². The molecule has 1 fully saturated rings. The lowest BCUT2D eigenvalue weighted by Crippen LogP contribution is -2.36. The van der Waals surface area contributed by atoms with Crippen molar-refractivity contribution in [2.24, 2.45) is 5.92 Å². The van der Waals surface area contributed by atoms with Gasteiger partial charge >= 0.3 is 12.4 Å². The molecular formula is C24H24F6N2OS. The van der Waals surface area contributed by atoms with Gasteiger partial charge < -0.3 is 4.57 Å². The van der Waals surface area contributed by atoms with Crippen LogP contribution in [0.15, 0.2) is 48.7 Å². The smallest absolute Gasteiger partial charge is 0.347 e. The van der Waals surface area contributed by atoms with E-state index in [2.05, 4.69) is 4.72 Å². The van der Waals surface area contributed by atoms with E-state index in [4.69, 9.17) is 0 Å². The number of hydrogen-bond acceptors (Lipinski definition) is 1. The van der Waals surface area contributed by atoms with Crippen molar-refractivity contribution >= 4 is 21.9 Å². The van der Waals surface area contributed by atoms with Crippen LogP contribution in [0.2, 0.25) is 0 Å². The van der Waals surface area contributed by atoms with Crippen molar-refractivity contribution in [3.63, 3.8) is 0 Å². The lowest BCUT2D eigenvalue weighted by molar-refractivity contribution is -0.152. The molecule has 1 saturated carbocycles. The van der Waals surface area contributed by atoms with E-state index in [0.29, 0.717) is 24.9 Å². The molecule has 0 radical (unpaired) electrons. The number of fused-ring (bicyclic) bond motifs is 1. The summed E-state index contributed by atoms with van der Waals surface area (Å²) in [5.41, 5.74) is -0.297. The summed E-state index contributed by atoms with van der Waals surface area (Å²) in [6.07, 6.45) is -6.68. The highest BCUT2D eigenvalue weighted by molar-refractivity contribution is 7.84. The van der Waals surface area contributed by atoms with E-state index in [1.807, 2.05) is 13.8 Å². The third-order valence-electron chi connectivity index (χ3n) is 5.72. The fourth-order valence-corrected chi connectivity index (χ4v) is 5.30. The highest BCUT2D eigenvalue weighted by Gasteiger charge is 2.45. The van der Waals surface area contributed by atoms with Gasteiger partial charge in [0.05, 0.1) is 16.5 Å². The minimum absolute atomic E-state index is 0.0453. The van der Waals surface area contributed by atoms with Gasteiger partial charge in [0.25, 0.3) is 0 Å². The van der Waals surface area contributed by atoms with Crippen LogP contribution in [0.5, 0.6) is 0 Å². The van der Waals surface area contributed by atoms with E-state index in [-0.39, 0.29) is 33.2 Å². The lowest BCUT2D eigenvalue weighted by atomic mass is 9.97. The molecule has 0 bridgehead atoms. The van der Waals surface area contributed by atoms with E-state index in [9.17, 15) is 30.6 Å².